The minimum Gasteiger partial charge on any atom is -0.281 e. The normalized spacial score (nSPS) is 31.5. The Hall–Kier alpha value is -0.890. The highest BCUT2D eigenvalue weighted by Gasteiger charge is 2.27. The lowest BCUT2D eigenvalue weighted by atomic mass is 9.91. The number of nitrogens with one attached hydrogen (secondary N) is 1. The lowest BCUT2D eigenvalue weighted by Crippen LogP contribution is -2.39. The third kappa shape index (κ3) is 2.37. The van der Waals surface area contributed by atoms with Crippen molar-refractivity contribution in [3.63, 3.8) is 0 Å². The van der Waals surface area contributed by atoms with Crippen molar-refractivity contribution in [2.24, 2.45) is 5.92 Å². The predicted molar refractivity (Wildman–Crippen MR) is 60.3 cm³/mol. The fourth-order valence-corrected chi connectivity index (χ4v) is 2.08. The highest BCUT2D eigenvalue weighted by molar-refractivity contribution is 5.24. The molecule has 3 atom stereocenters. The first-order valence-electron chi connectivity index (χ1n) is 5.63. The molecule has 1 N–H and O–H groups in total. The molecule has 1 aliphatic rings. The number of alkyl halides is 1. The molecule has 15 heavy (non-hydrogen) atoms. The fourth-order valence-electron chi connectivity index (χ4n) is 2.08. The molecule has 1 aromatic carbocycles. The first-order chi connectivity index (χ1) is 7.16. The minimum absolute atomic E-state index is 0.145. The third-order valence-corrected chi connectivity index (χ3v) is 3.25. The molecule has 2 heteroatoms. The smallest absolute Gasteiger partial charge is 0.154 e. The number of rotatable bonds is 1. The van der Waals surface area contributed by atoms with Gasteiger partial charge in [0.25, 0.3) is 0 Å². The van der Waals surface area contributed by atoms with Crippen LogP contribution in [0.2, 0.25) is 0 Å². The molecule has 1 nitrogen and oxygen atoms in total. The van der Waals surface area contributed by atoms with Crippen LogP contribution in [0.3, 0.4) is 0 Å². The predicted octanol–water partition coefficient (Wildman–Crippen LogP) is 3.35. The van der Waals surface area contributed by atoms with E-state index in [1.54, 1.807) is 0 Å². The Kier molecular flexibility index (Phi) is 3.06. The van der Waals surface area contributed by atoms with Gasteiger partial charge >= 0.3 is 0 Å². The first-order valence-corrected chi connectivity index (χ1v) is 5.63. The quantitative estimate of drug-likeness (QED) is 0.696. The van der Waals surface area contributed by atoms with Gasteiger partial charge in [-0.3, -0.25) is 5.32 Å². The summed E-state index contributed by atoms with van der Waals surface area (Å²) in [4.78, 5) is 0. The lowest BCUT2D eigenvalue weighted by molar-refractivity contribution is 0.124. The molecule has 1 aliphatic heterocycles. The Morgan fingerprint density at radius 2 is 1.87 bits per heavy atom. The van der Waals surface area contributed by atoms with Gasteiger partial charge < -0.3 is 0 Å². The van der Waals surface area contributed by atoms with Gasteiger partial charge in [0.05, 0.1) is 0 Å². The lowest BCUT2D eigenvalue weighted by Gasteiger charge is -2.31. The van der Waals surface area contributed by atoms with Crippen LogP contribution in [0.1, 0.15) is 36.9 Å². The van der Waals surface area contributed by atoms with Crippen molar-refractivity contribution in [3.05, 3.63) is 35.4 Å². The highest BCUT2D eigenvalue weighted by atomic mass is 19.1. The minimum atomic E-state index is -0.856. The van der Waals surface area contributed by atoms with E-state index < -0.39 is 6.30 Å². The molecular weight excluding hydrogens is 189 g/mol. The van der Waals surface area contributed by atoms with E-state index in [-0.39, 0.29) is 12.0 Å². The van der Waals surface area contributed by atoms with Crippen LogP contribution in [0.25, 0.3) is 0 Å². The topological polar surface area (TPSA) is 12.0 Å². The zero-order valence-electron chi connectivity index (χ0n) is 9.33. The maximum absolute atomic E-state index is 13.5. The molecule has 1 saturated heterocycles. The number of hydrogen-bond donors (Lipinski definition) is 1. The largest absolute Gasteiger partial charge is 0.281 e. The monoisotopic (exact) mass is 207 g/mol. The van der Waals surface area contributed by atoms with Crippen LogP contribution in [0.5, 0.6) is 0 Å². The second-order valence-electron chi connectivity index (χ2n) is 4.59. The molecule has 1 heterocycles. The number of aryl methyl sites for hydroxylation is 1. The molecule has 1 aromatic rings. The van der Waals surface area contributed by atoms with E-state index in [9.17, 15) is 4.39 Å². The van der Waals surface area contributed by atoms with E-state index in [4.69, 9.17) is 0 Å². The van der Waals surface area contributed by atoms with E-state index in [0.29, 0.717) is 0 Å². The SMILES string of the molecule is Cc1ccc(C2CCC(C)C(F)N2)cc1. The van der Waals surface area contributed by atoms with E-state index in [0.717, 1.165) is 12.8 Å². The number of benzene rings is 1. The van der Waals surface area contributed by atoms with Gasteiger partial charge in [0, 0.05) is 12.0 Å². The zero-order valence-corrected chi connectivity index (χ0v) is 9.33. The van der Waals surface area contributed by atoms with Crippen LogP contribution in [0.4, 0.5) is 4.39 Å². The standard InChI is InChI=1S/C13H18FN/c1-9-3-6-11(7-4-9)12-8-5-10(2)13(14)15-12/h3-4,6-7,10,12-13,15H,5,8H2,1-2H3. The van der Waals surface area contributed by atoms with Gasteiger partial charge in [-0.15, -0.1) is 0 Å². The van der Waals surface area contributed by atoms with Gasteiger partial charge in [-0.1, -0.05) is 36.8 Å². The van der Waals surface area contributed by atoms with Crippen molar-refractivity contribution >= 4 is 0 Å². The van der Waals surface area contributed by atoms with Gasteiger partial charge in [-0.2, -0.15) is 0 Å². The molecule has 0 saturated carbocycles. The molecule has 3 unspecified atom stereocenters. The molecule has 0 radical (unpaired) electrons. The second-order valence-corrected chi connectivity index (χ2v) is 4.59. The first kappa shape index (κ1) is 10.6. The Morgan fingerprint density at radius 3 is 2.47 bits per heavy atom. The van der Waals surface area contributed by atoms with Crippen LogP contribution < -0.4 is 5.32 Å². The van der Waals surface area contributed by atoms with E-state index in [2.05, 4.69) is 36.5 Å². The summed E-state index contributed by atoms with van der Waals surface area (Å²) in [5.41, 5.74) is 2.45. The van der Waals surface area contributed by atoms with Crippen molar-refractivity contribution in [1.82, 2.24) is 5.32 Å². The van der Waals surface area contributed by atoms with Crippen LogP contribution in [-0.2, 0) is 0 Å². The summed E-state index contributed by atoms with van der Waals surface area (Å²) in [5, 5.41) is 3.04. The van der Waals surface area contributed by atoms with Crippen molar-refractivity contribution in [3.8, 4) is 0 Å². The molecular formula is C13H18FN. The van der Waals surface area contributed by atoms with Crippen LogP contribution in [-0.4, -0.2) is 6.30 Å². The molecule has 1 fully saturated rings. The Labute approximate surface area is 90.7 Å². The van der Waals surface area contributed by atoms with Crippen molar-refractivity contribution in [2.75, 3.05) is 0 Å². The molecule has 0 aliphatic carbocycles. The van der Waals surface area contributed by atoms with Crippen molar-refractivity contribution in [1.29, 1.82) is 0 Å². The summed E-state index contributed by atoms with van der Waals surface area (Å²) in [6.45, 7) is 4.03. The summed E-state index contributed by atoms with van der Waals surface area (Å²) in [6, 6.07) is 8.55. The zero-order chi connectivity index (χ0) is 10.8. The summed E-state index contributed by atoms with van der Waals surface area (Å²) in [7, 11) is 0. The third-order valence-electron chi connectivity index (χ3n) is 3.25. The molecule has 0 aromatic heterocycles. The number of hydrogen-bond acceptors (Lipinski definition) is 1. The van der Waals surface area contributed by atoms with E-state index >= 15 is 0 Å². The van der Waals surface area contributed by atoms with Crippen molar-refractivity contribution in [2.45, 2.75) is 39.0 Å². The van der Waals surface area contributed by atoms with E-state index in [1.165, 1.54) is 11.1 Å². The van der Waals surface area contributed by atoms with Crippen LogP contribution >= 0.6 is 0 Å². The molecule has 0 amide bonds. The Morgan fingerprint density at radius 1 is 1.20 bits per heavy atom. The Bertz CT molecular complexity index is 320. The van der Waals surface area contributed by atoms with Crippen molar-refractivity contribution < 1.29 is 4.39 Å². The maximum atomic E-state index is 13.5. The Balaban J connectivity index is 2.08. The summed E-state index contributed by atoms with van der Waals surface area (Å²) < 4.78 is 13.5. The van der Waals surface area contributed by atoms with Crippen LogP contribution in [0, 0.1) is 12.8 Å². The van der Waals surface area contributed by atoms with Gasteiger partial charge in [-0.25, -0.2) is 4.39 Å². The van der Waals surface area contributed by atoms with Crippen LogP contribution in [0.15, 0.2) is 24.3 Å². The highest BCUT2D eigenvalue weighted by Crippen LogP contribution is 2.29. The average molecular weight is 207 g/mol. The summed E-state index contributed by atoms with van der Waals surface area (Å²) in [6.07, 6.45) is 1.14. The molecule has 0 bridgehead atoms. The molecule has 2 rings (SSSR count). The maximum Gasteiger partial charge on any atom is 0.154 e. The van der Waals surface area contributed by atoms with Gasteiger partial charge in [0.2, 0.25) is 0 Å². The molecule has 0 spiro atoms. The van der Waals surface area contributed by atoms with Gasteiger partial charge in [-0.05, 0) is 25.3 Å². The number of halogens is 1. The molecule has 82 valence electrons. The summed E-state index contributed by atoms with van der Waals surface area (Å²) >= 11 is 0. The van der Waals surface area contributed by atoms with Gasteiger partial charge in [0.15, 0.2) is 6.30 Å². The van der Waals surface area contributed by atoms with Gasteiger partial charge in [0.1, 0.15) is 0 Å². The second kappa shape index (κ2) is 4.31. The summed E-state index contributed by atoms with van der Waals surface area (Å²) in [5.74, 6) is 0.145. The number of piperidine rings is 1. The average Bonchev–Trinajstić information content (AvgIpc) is 2.23. The van der Waals surface area contributed by atoms with E-state index in [1.807, 2.05) is 6.92 Å². The fraction of sp³-hybridized carbons (Fsp3) is 0.538.